The van der Waals surface area contributed by atoms with Crippen molar-refractivity contribution in [3.63, 3.8) is 0 Å². The fourth-order valence-electron chi connectivity index (χ4n) is 1.50. The van der Waals surface area contributed by atoms with Gasteiger partial charge in [0.1, 0.15) is 23.2 Å². The summed E-state index contributed by atoms with van der Waals surface area (Å²) >= 11 is 0. The van der Waals surface area contributed by atoms with E-state index < -0.39 is 5.82 Å². The summed E-state index contributed by atoms with van der Waals surface area (Å²) in [5.74, 6) is 0.292. The van der Waals surface area contributed by atoms with Crippen molar-refractivity contribution in [2.45, 2.75) is 6.92 Å². The predicted octanol–water partition coefficient (Wildman–Crippen LogP) is 3.80. The van der Waals surface area contributed by atoms with Gasteiger partial charge in [-0.15, -0.1) is 0 Å². The van der Waals surface area contributed by atoms with Crippen LogP contribution in [0.1, 0.15) is 11.1 Å². The van der Waals surface area contributed by atoms with Crippen LogP contribution >= 0.6 is 0 Å². The number of benzene rings is 2. The Hall–Kier alpha value is -2.34. The molecule has 0 unspecified atom stereocenters. The Morgan fingerprint density at radius 3 is 2.47 bits per heavy atom. The van der Waals surface area contributed by atoms with Crippen LogP contribution in [0.15, 0.2) is 42.5 Å². The summed E-state index contributed by atoms with van der Waals surface area (Å²) in [5, 5.41) is 8.93. The average molecular weight is 227 g/mol. The van der Waals surface area contributed by atoms with E-state index in [1.54, 1.807) is 25.1 Å². The third-order valence-corrected chi connectivity index (χ3v) is 2.38. The van der Waals surface area contributed by atoms with Crippen molar-refractivity contribution in [2.75, 3.05) is 0 Å². The van der Waals surface area contributed by atoms with Crippen molar-refractivity contribution >= 4 is 0 Å². The van der Waals surface area contributed by atoms with Crippen LogP contribution in [0.2, 0.25) is 0 Å². The van der Waals surface area contributed by atoms with Gasteiger partial charge in [0.25, 0.3) is 0 Å². The molecule has 0 heterocycles. The van der Waals surface area contributed by atoms with E-state index in [2.05, 4.69) is 0 Å². The van der Waals surface area contributed by atoms with E-state index in [4.69, 9.17) is 10.00 Å². The molecule has 0 aliphatic carbocycles. The van der Waals surface area contributed by atoms with Crippen molar-refractivity contribution in [3.8, 4) is 17.6 Å². The highest BCUT2D eigenvalue weighted by molar-refractivity contribution is 5.50. The molecule has 0 spiro atoms. The first kappa shape index (κ1) is 11.2. The summed E-state index contributed by atoms with van der Waals surface area (Å²) in [6.07, 6.45) is 0. The predicted molar refractivity (Wildman–Crippen MR) is 62.4 cm³/mol. The molecular formula is C14H10FNO. The maximum atomic E-state index is 13.4. The molecule has 2 aromatic carbocycles. The summed E-state index contributed by atoms with van der Waals surface area (Å²) < 4.78 is 19.0. The highest BCUT2D eigenvalue weighted by Crippen LogP contribution is 2.30. The van der Waals surface area contributed by atoms with Crippen LogP contribution in [0.25, 0.3) is 0 Å². The molecular weight excluding hydrogens is 217 g/mol. The molecule has 2 nitrogen and oxygen atoms in total. The van der Waals surface area contributed by atoms with Crippen LogP contribution in [0, 0.1) is 24.1 Å². The number of aryl methyl sites for hydroxylation is 1. The van der Waals surface area contributed by atoms with E-state index >= 15 is 0 Å². The van der Waals surface area contributed by atoms with Crippen LogP contribution in [0.3, 0.4) is 0 Å². The van der Waals surface area contributed by atoms with Gasteiger partial charge < -0.3 is 4.74 Å². The zero-order valence-corrected chi connectivity index (χ0v) is 9.27. The number of nitriles is 1. The summed E-state index contributed by atoms with van der Waals surface area (Å²) in [6, 6.07) is 13.7. The van der Waals surface area contributed by atoms with Crippen molar-refractivity contribution in [1.29, 1.82) is 5.26 Å². The van der Waals surface area contributed by atoms with E-state index in [1.807, 2.05) is 24.3 Å². The zero-order chi connectivity index (χ0) is 12.3. The molecule has 0 fully saturated rings. The van der Waals surface area contributed by atoms with E-state index in [1.165, 1.54) is 6.07 Å². The first-order valence-electron chi connectivity index (χ1n) is 5.14. The van der Waals surface area contributed by atoms with Crippen LogP contribution < -0.4 is 4.74 Å². The van der Waals surface area contributed by atoms with E-state index in [0.717, 1.165) is 5.56 Å². The van der Waals surface area contributed by atoms with Gasteiger partial charge in [0.05, 0.1) is 0 Å². The molecule has 2 rings (SSSR count). The molecule has 0 aromatic heterocycles. The Morgan fingerprint density at radius 1 is 1.12 bits per heavy atom. The smallest absolute Gasteiger partial charge is 0.151 e. The lowest BCUT2D eigenvalue weighted by Gasteiger charge is -2.10. The quantitative estimate of drug-likeness (QED) is 0.781. The summed E-state index contributed by atoms with van der Waals surface area (Å²) in [4.78, 5) is 0. The number of ether oxygens (including phenoxy) is 1. The van der Waals surface area contributed by atoms with Crippen molar-refractivity contribution < 1.29 is 9.13 Å². The SMILES string of the molecule is Cc1ccc(F)c(C#N)c1Oc1ccccc1. The number of rotatable bonds is 2. The van der Waals surface area contributed by atoms with Gasteiger partial charge >= 0.3 is 0 Å². The molecule has 84 valence electrons. The Kier molecular flexibility index (Phi) is 3.06. The molecule has 0 aliphatic rings. The number of hydrogen-bond acceptors (Lipinski definition) is 2. The average Bonchev–Trinajstić information content (AvgIpc) is 2.35. The monoisotopic (exact) mass is 227 g/mol. The fourth-order valence-corrected chi connectivity index (χ4v) is 1.50. The molecule has 0 saturated carbocycles. The molecule has 17 heavy (non-hydrogen) atoms. The summed E-state index contributed by atoms with van der Waals surface area (Å²) in [7, 11) is 0. The van der Waals surface area contributed by atoms with Gasteiger partial charge in [-0.1, -0.05) is 24.3 Å². The normalized spacial score (nSPS) is 9.71. The van der Waals surface area contributed by atoms with Gasteiger partial charge in [-0.25, -0.2) is 4.39 Å². The largest absolute Gasteiger partial charge is 0.456 e. The highest BCUT2D eigenvalue weighted by atomic mass is 19.1. The molecule has 0 amide bonds. The second-order valence-corrected chi connectivity index (χ2v) is 3.60. The maximum absolute atomic E-state index is 13.4. The van der Waals surface area contributed by atoms with Crippen LogP contribution in [-0.2, 0) is 0 Å². The second kappa shape index (κ2) is 4.67. The van der Waals surface area contributed by atoms with Gasteiger partial charge in [-0.05, 0) is 30.7 Å². The van der Waals surface area contributed by atoms with Crippen LogP contribution in [-0.4, -0.2) is 0 Å². The number of hydrogen-bond donors (Lipinski definition) is 0. The lowest BCUT2D eigenvalue weighted by molar-refractivity contribution is 0.470. The Morgan fingerprint density at radius 2 is 1.82 bits per heavy atom. The molecule has 0 N–H and O–H groups in total. The lowest BCUT2D eigenvalue weighted by Crippen LogP contribution is -1.94. The van der Waals surface area contributed by atoms with Gasteiger partial charge in [0.2, 0.25) is 0 Å². The molecule has 0 radical (unpaired) electrons. The van der Waals surface area contributed by atoms with Gasteiger partial charge in [-0.2, -0.15) is 5.26 Å². The second-order valence-electron chi connectivity index (χ2n) is 3.60. The van der Waals surface area contributed by atoms with Gasteiger partial charge in [0.15, 0.2) is 5.75 Å². The first-order valence-corrected chi connectivity index (χ1v) is 5.14. The molecule has 2 aromatic rings. The lowest BCUT2D eigenvalue weighted by atomic mass is 10.1. The molecule has 0 bridgehead atoms. The first-order chi connectivity index (χ1) is 8.22. The topological polar surface area (TPSA) is 33.0 Å². The standard InChI is InChI=1S/C14H10FNO/c1-10-7-8-13(15)12(9-16)14(10)17-11-5-3-2-4-6-11/h2-8H,1H3. The summed E-state index contributed by atoms with van der Waals surface area (Å²) in [5.41, 5.74) is 0.667. The van der Waals surface area contributed by atoms with Crippen molar-refractivity contribution in [2.24, 2.45) is 0 Å². The Bertz CT molecular complexity index is 573. The molecule has 0 saturated heterocycles. The van der Waals surface area contributed by atoms with Crippen molar-refractivity contribution in [3.05, 3.63) is 59.4 Å². The van der Waals surface area contributed by atoms with Crippen LogP contribution in [0.4, 0.5) is 4.39 Å². The van der Waals surface area contributed by atoms with Crippen LogP contribution in [0.5, 0.6) is 11.5 Å². The zero-order valence-electron chi connectivity index (χ0n) is 9.27. The van der Waals surface area contributed by atoms with E-state index in [-0.39, 0.29) is 11.3 Å². The fraction of sp³-hybridized carbons (Fsp3) is 0.0714. The number of nitrogens with zero attached hydrogens (tertiary/aromatic N) is 1. The minimum Gasteiger partial charge on any atom is -0.456 e. The van der Waals surface area contributed by atoms with Gasteiger partial charge in [0, 0.05) is 0 Å². The maximum Gasteiger partial charge on any atom is 0.151 e. The highest BCUT2D eigenvalue weighted by Gasteiger charge is 2.13. The molecule has 3 heteroatoms. The molecule has 0 aliphatic heterocycles. The number of halogens is 1. The third-order valence-electron chi connectivity index (χ3n) is 2.38. The number of para-hydroxylation sites is 1. The third kappa shape index (κ3) is 2.26. The summed E-state index contributed by atoms with van der Waals surface area (Å²) in [6.45, 7) is 1.78. The molecule has 0 atom stereocenters. The minimum absolute atomic E-state index is 0.0612. The van der Waals surface area contributed by atoms with Gasteiger partial charge in [-0.3, -0.25) is 0 Å². The van der Waals surface area contributed by atoms with E-state index in [9.17, 15) is 4.39 Å². The Labute approximate surface area is 98.9 Å². The van der Waals surface area contributed by atoms with E-state index in [0.29, 0.717) is 5.75 Å². The van der Waals surface area contributed by atoms with Crippen molar-refractivity contribution in [1.82, 2.24) is 0 Å². The minimum atomic E-state index is -0.566. The Balaban J connectivity index is 2.46.